The number of halogens is 1. The summed E-state index contributed by atoms with van der Waals surface area (Å²) >= 11 is 0. The van der Waals surface area contributed by atoms with E-state index >= 15 is 0 Å². The van der Waals surface area contributed by atoms with Crippen LogP contribution in [-0.4, -0.2) is 52.7 Å². The van der Waals surface area contributed by atoms with Gasteiger partial charge in [0.1, 0.15) is 5.82 Å². The van der Waals surface area contributed by atoms with Crippen LogP contribution in [0.2, 0.25) is 0 Å². The Balaban J connectivity index is 2.11. The molecule has 2 N–H and O–H groups in total. The van der Waals surface area contributed by atoms with E-state index in [1.165, 1.54) is 31.2 Å². The van der Waals surface area contributed by atoms with Gasteiger partial charge in [-0.05, 0) is 49.4 Å². The van der Waals surface area contributed by atoms with Crippen LogP contribution < -0.4 is 0 Å². The van der Waals surface area contributed by atoms with Gasteiger partial charge in [-0.15, -0.1) is 0 Å². The van der Waals surface area contributed by atoms with Crippen molar-refractivity contribution in [2.45, 2.75) is 45.6 Å². The van der Waals surface area contributed by atoms with Gasteiger partial charge >= 0.3 is 11.9 Å². The number of likely N-dealkylation sites (tertiary alicyclic amines) is 1. The van der Waals surface area contributed by atoms with Gasteiger partial charge in [-0.2, -0.15) is 0 Å². The van der Waals surface area contributed by atoms with Crippen molar-refractivity contribution in [2.24, 2.45) is 10.8 Å². The second-order valence-corrected chi connectivity index (χ2v) is 9.50. The summed E-state index contributed by atoms with van der Waals surface area (Å²) in [7, 11) is 0. The Hall–Kier alpha value is -3.26. The predicted molar refractivity (Wildman–Crippen MR) is 127 cm³/mol. The van der Waals surface area contributed by atoms with Crippen molar-refractivity contribution in [3.63, 3.8) is 0 Å². The molecule has 1 amide bonds. The second kappa shape index (κ2) is 11.0. The Morgan fingerprint density at radius 1 is 0.943 bits per heavy atom. The number of hydrogen-bond acceptors (Lipinski definition) is 4. The lowest BCUT2D eigenvalue weighted by Crippen LogP contribution is -2.58. The molecule has 2 atom stereocenters. The molecule has 3 rings (SSSR count). The van der Waals surface area contributed by atoms with Gasteiger partial charge in [-0.3, -0.25) is 14.4 Å². The molecule has 8 heteroatoms. The van der Waals surface area contributed by atoms with E-state index in [4.69, 9.17) is 4.74 Å². The summed E-state index contributed by atoms with van der Waals surface area (Å²) in [5.74, 6) is -5.23. The third-order valence-electron chi connectivity index (χ3n) is 7.27. The third-order valence-corrected chi connectivity index (χ3v) is 7.27. The van der Waals surface area contributed by atoms with Crippen molar-refractivity contribution in [1.29, 1.82) is 0 Å². The van der Waals surface area contributed by atoms with E-state index < -0.39 is 34.5 Å². The van der Waals surface area contributed by atoms with Crippen LogP contribution in [0.15, 0.2) is 54.6 Å². The highest BCUT2D eigenvalue weighted by Crippen LogP contribution is 2.51. The SMILES string of the molecule is CC(C(=O)O)(C(=O)O)C(C)(COCc1ccccc1)C(C(=O)N1CCCCC1)c1ccc(F)cc1. The maximum atomic E-state index is 13.9. The lowest BCUT2D eigenvalue weighted by Gasteiger charge is -2.47. The summed E-state index contributed by atoms with van der Waals surface area (Å²) in [6.07, 6.45) is 2.58. The van der Waals surface area contributed by atoms with Gasteiger partial charge in [0.25, 0.3) is 0 Å². The lowest BCUT2D eigenvalue weighted by molar-refractivity contribution is -0.181. The minimum Gasteiger partial charge on any atom is -0.480 e. The summed E-state index contributed by atoms with van der Waals surface area (Å²) in [5, 5.41) is 20.3. The monoisotopic (exact) mass is 485 g/mol. The van der Waals surface area contributed by atoms with Gasteiger partial charge in [0, 0.05) is 18.5 Å². The minimum absolute atomic E-state index is 0.111. The molecule has 1 aliphatic heterocycles. The molecule has 188 valence electrons. The smallest absolute Gasteiger partial charge is 0.321 e. The molecular weight excluding hydrogens is 453 g/mol. The highest BCUT2D eigenvalue weighted by molar-refractivity contribution is 6.00. The second-order valence-electron chi connectivity index (χ2n) is 9.50. The number of hydrogen-bond donors (Lipinski definition) is 2. The topological polar surface area (TPSA) is 104 Å². The Morgan fingerprint density at radius 2 is 1.51 bits per heavy atom. The average molecular weight is 486 g/mol. The molecule has 1 fully saturated rings. The molecule has 1 saturated heterocycles. The molecule has 1 heterocycles. The molecule has 35 heavy (non-hydrogen) atoms. The number of nitrogens with zero attached hydrogens (tertiary/aromatic N) is 1. The number of rotatable bonds is 10. The number of carboxylic acid groups (broad SMARTS) is 2. The number of aliphatic carboxylic acids is 2. The highest BCUT2D eigenvalue weighted by atomic mass is 19.1. The normalized spacial score (nSPS) is 16.8. The van der Waals surface area contributed by atoms with Crippen LogP contribution in [-0.2, 0) is 25.7 Å². The molecular formula is C27H32FNO6. The first-order valence-electron chi connectivity index (χ1n) is 11.7. The van der Waals surface area contributed by atoms with Crippen LogP contribution in [0, 0.1) is 16.6 Å². The molecule has 2 unspecified atom stereocenters. The number of carbonyl (C=O) groups excluding carboxylic acids is 1. The largest absolute Gasteiger partial charge is 0.480 e. The first-order chi connectivity index (χ1) is 16.6. The Bertz CT molecular complexity index is 1020. The zero-order valence-electron chi connectivity index (χ0n) is 20.1. The Morgan fingerprint density at radius 3 is 2.06 bits per heavy atom. The maximum absolute atomic E-state index is 13.9. The van der Waals surface area contributed by atoms with Gasteiger partial charge in [-0.1, -0.05) is 49.4 Å². The third kappa shape index (κ3) is 5.37. The minimum atomic E-state index is -2.38. The van der Waals surface area contributed by atoms with Crippen molar-refractivity contribution in [2.75, 3.05) is 19.7 Å². The van der Waals surface area contributed by atoms with Crippen LogP contribution >= 0.6 is 0 Å². The molecule has 0 aromatic heterocycles. The van der Waals surface area contributed by atoms with Crippen LogP contribution in [0.3, 0.4) is 0 Å². The van der Waals surface area contributed by atoms with Crippen molar-refractivity contribution < 1.29 is 33.7 Å². The highest BCUT2D eigenvalue weighted by Gasteiger charge is 2.62. The first-order valence-corrected chi connectivity index (χ1v) is 11.7. The number of carboxylic acids is 2. The summed E-state index contributed by atoms with van der Waals surface area (Å²) < 4.78 is 19.7. The average Bonchev–Trinajstić information content (AvgIpc) is 2.85. The molecule has 0 bridgehead atoms. The molecule has 7 nitrogen and oxygen atoms in total. The fraction of sp³-hybridized carbons (Fsp3) is 0.444. The summed E-state index contributed by atoms with van der Waals surface area (Å²) in [5.41, 5.74) is -2.93. The molecule has 1 aliphatic rings. The first kappa shape index (κ1) is 26.3. The van der Waals surface area contributed by atoms with Gasteiger partial charge < -0.3 is 19.8 Å². The molecule has 0 saturated carbocycles. The van der Waals surface area contributed by atoms with Crippen molar-refractivity contribution >= 4 is 17.8 Å². The zero-order valence-corrected chi connectivity index (χ0v) is 20.1. The van der Waals surface area contributed by atoms with E-state index in [0.717, 1.165) is 31.7 Å². The van der Waals surface area contributed by atoms with E-state index in [-0.39, 0.29) is 19.1 Å². The molecule has 2 aromatic carbocycles. The van der Waals surface area contributed by atoms with Crippen LogP contribution in [0.4, 0.5) is 4.39 Å². The number of benzene rings is 2. The number of amides is 1. The molecule has 2 aromatic rings. The fourth-order valence-electron chi connectivity index (χ4n) is 4.79. The van der Waals surface area contributed by atoms with E-state index in [1.807, 2.05) is 30.3 Å². The fourth-order valence-corrected chi connectivity index (χ4v) is 4.79. The van der Waals surface area contributed by atoms with Crippen LogP contribution in [0.25, 0.3) is 0 Å². The number of piperidine rings is 1. The summed E-state index contributed by atoms with van der Waals surface area (Å²) in [6, 6.07) is 14.4. The van der Waals surface area contributed by atoms with Crippen molar-refractivity contribution in [1.82, 2.24) is 4.90 Å². The van der Waals surface area contributed by atoms with Gasteiger partial charge in [0.2, 0.25) is 5.91 Å². The predicted octanol–water partition coefficient (Wildman–Crippen LogP) is 4.32. The summed E-state index contributed by atoms with van der Waals surface area (Å²) in [4.78, 5) is 40.6. The molecule has 0 radical (unpaired) electrons. The van der Waals surface area contributed by atoms with Gasteiger partial charge in [0.15, 0.2) is 5.41 Å². The lowest BCUT2D eigenvalue weighted by atomic mass is 9.57. The Kier molecular flexibility index (Phi) is 8.27. The van der Waals surface area contributed by atoms with Crippen molar-refractivity contribution in [3.8, 4) is 0 Å². The quantitative estimate of drug-likeness (QED) is 0.486. The summed E-state index contributed by atoms with van der Waals surface area (Å²) in [6.45, 7) is 3.36. The Labute approximate surface area is 204 Å². The molecule has 0 spiro atoms. The van der Waals surface area contributed by atoms with E-state index in [1.54, 1.807) is 4.90 Å². The van der Waals surface area contributed by atoms with E-state index in [0.29, 0.717) is 18.7 Å². The maximum Gasteiger partial charge on any atom is 0.321 e. The van der Waals surface area contributed by atoms with E-state index in [9.17, 15) is 29.0 Å². The standard InChI is InChI=1S/C27H32FNO6/c1-26(27(2,24(31)32)25(33)34,18-35-17-19-9-5-3-6-10-19)22(20-11-13-21(28)14-12-20)23(30)29-15-7-4-8-16-29/h3,5-6,9-14,22H,4,7-8,15-18H2,1-2H3,(H,31,32)(H,33,34). The molecule has 0 aliphatic carbocycles. The number of carbonyl (C=O) groups is 3. The van der Waals surface area contributed by atoms with Gasteiger partial charge in [-0.25, -0.2) is 4.39 Å². The van der Waals surface area contributed by atoms with Crippen LogP contribution in [0.1, 0.15) is 50.2 Å². The van der Waals surface area contributed by atoms with Crippen molar-refractivity contribution in [3.05, 3.63) is 71.5 Å². The zero-order chi connectivity index (χ0) is 25.6. The van der Waals surface area contributed by atoms with E-state index in [2.05, 4.69) is 0 Å². The van der Waals surface area contributed by atoms with Crippen LogP contribution in [0.5, 0.6) is 0 Å². The van der Waals surface area contributed by atoms with Gasteiger partial charge in [0.05, 0.1) is 19.1 Å². The number of ether oxygens (including phenoxy) is 1.